The van der Waals surface area contributed by atoms with E-state index in [1.165, 1.54) is 16.9 Å². The average molecular weight is 515 g/mol. The Hall–Kier alpha value is -2.71. The normalized spacial score (nSPS) is 16.3. The van der Waals surface area contributed by atoms with E-state index in [1.54, 1.807) is 36.6 Å². The summed E-state index contributed by atoms with van der Waals surface area (Å²) in [5.74, 6) is 0.470. The van der Waals surface area contributed by atoms with Gasteiger partial charge in [-0.05, 0) is 59.0 Å². The molecule has 0 aliphatic carbocycles. The quantitative estimate of drug-likeness (QED) is 0.476. The molecule has 1 aromatic carbocycles. The molecule has 1 atom stereocenters. The maximum absolute atomic E-state index is 13.5. The molecule has 0 saturated carbocycles. The minimum Gasteiger partial charge on any atom is -0.463 e. The lowest BCUT2D eigenvalue weighted by Crippen LogP contribution is -2.39. The summed E-state index contributed by atoms with van der Waals surface area (Å²) in [5, 5.41) is 0. The van der Waals surface area contributed by atoms with Crippen molar-refractivity contribution in [2.24, 2.45) is 4.99 Å². The van der Waals surface area contributed by atoms with E-state index in [4.69, 9.17) is 9.15 Å². The Kier molecular flexibility index (Phi) is 6.35. The highest BCUT2D eigenvalue weighted by Gasteiger charge is 2.33. The van der Waals surface area contributed by atoms with Crippen LogP contribution in [0.3, 0.4) is 0 Å². The summed E-state index contributed by atoms with van der Waals surface area (Å²) in [4.78, 5) is 31.5. The summed E-state index contributed by atoms with van der Waals surface area (Å²) >= 11 is 4.55. The number of hydrogen-bond donors (Lipinski definition) is 0. The van der Waals surface area contributed by atoms with Crippen LogP contribution >= 0.6 is 27.3 Å². The molecule has 1 aliphatic heterocycles. The van der Waals surface area contributed by atoms with Gasteiger partial charge in [0.2, 0.25) is 0 Å². The summed E-state index contributed by atoms with van der Waals surface area (Å²) in [6, 6.07) is 10.9. The second kappa shape index (κ2) is 9.03. The number of nitrogens with zero attached hydrogens (tertiary/aromatic N) is 2. The number of hydrogen-bond acceptors (Lipinski definition) is 6. The van der Waals surface area contributed by atoms with Crippen molar-refractivity contribution in [1.29, 1.82) is 0 Å². The van der Waals surface area contributed by atoms with Crippen molar-refractivity contribution >= 4 is 39.3 Å². The first-order valence-corrected chi connectivity index (χ1v) is 12.0. The summed E-state index contributed by atoms with van der Waals surface area (Å²) in [5.41, 5.74) is 2.72. The van der Waals surface area contributed by atoms with Crippen LogP contribution < -0.4 is 14.9 Å². The maximum atomic E-state index is 13.5. The van der Waals surface area contributed by atoms with Gasteiger partial charge in [-0.3, -0.25) is 9.36 Å². The first kappa shape index (κ1) is 22.5. The number of thiazole rings is 1. The van der Waals surface area contributed by atoms with Crippen molar-refractivity contribution in [1.82, 2.24) is 4.57 Å². The highest BCUT2D eigenvalue weighted by molar-refractivity contribution is 9.10. The Morgan fingerprint density at radius 2 is 2.00 bits per heavy atom. The van der Waals surface area contributed by atoms with Crippen LogP contribution in [0.2, 0.25) is 0 Å². The van der Waals surface area contributed by atoms with Gasteiger partial charge in [-0.1, -0.05) is 49.4 Å². The van der Waals surface area contributed by atoms with Crippen molar-refractivity contribution in [2.45, 2.75) is 39.7 Å². The molecule has 0 saturated heterocycles. The topological polar surface area (TPSA) is 73.8 Å². The predicted octanol–water partition coefficient (Wildman–Crippen LogP) is 4.28. The molecule has 0 radical (unpaired) electrons. The van der Waals surface area contributed by atoms with E-state index in [0.717, 1.165) is 5.56 Å². The van der Waals surface area contributed by atoms with Crippen LogP contribution in [0.5, 0.6) is 0 Å². The predicted molar refractivity (Wildman–Crippen MR) is 127 cm³/mol. The number of halogens is 1. The standard InChI is InChI=1S/C24H23BrN2O4S/c1-5-30-23(29)20-14(4)26-24-27(21(20)16-8-6-15(7-9-16)13(2)3)22(28)18(32-24)12-17-10-11-19(25)31-17/h6-13,21H,5H2,1-4H3/b18-12-. The second-order valence-electron chi connectivity index (χ2n) is 7.77. The summed E-state index contributed by atoms with van der Waals surface area (Å²) in [6.45, 7) is 8.03. The van der Waals surface area contributed by atoms with Gasteiger partial charge < -0.3 is 9.15 Å². The minimum atomic E-state index is -0.614. The van der Waals surface area contributed by atoms with Gasteiger partial charge in [0, 0.05) is 6.08 Å². The van der Waals surface area contributed by atoms with Crippen LogP contribution in [-0.4, -0.2) is 17.1 Å². The fourth-order valence-electron chi connectivity index (χ4n) is 3.71. The number of furan rings is 1. The molecule has 8 heteroatoms. The van der Waals surface area contributed by atoms with Gasteiger partial charge in [-0.15, -0.1) is 0 Å². The number of ether oxygens (including phenoxy) is 1. The van der Waals surface area contributed by atoms with Gasteiger partial charge >= 0.3 is 5.97 Å². The molecule has 1 aliphatic rings. The third-order valence-electron chi connectivity index (χ3n) is 5.30. The summed E-state index contributed by atoms with van der Waals surface area (Å²) in [7, 11) is 0. The minimum absolute atomic E-state index is 0.228. The molecule has 3 heterocycles. The van der Waals surface area contributed by atoms with Crippen LogP contribution in [0.15, 0.2) is 66.5 Å². The molecule has 4 rings (SSSR count). The molecule has 0 fully saturated rings. The van der Waals surface area contributed by atoms with Crippen molar-refractivity contribution in [3.05, 3.63) is 88.9 Å². The van der Waals surface area contributed by atoms with Crippen LogP contribution in [0.1, 0.15) is 56.5 Å². The Morgan fingerprint density at radius 3 is 2.59 bits per heavy atom. The molecule has 2 aromatic heterocycles. The molecule has 1 unspecified atom stereocenters. The molecule has 166 valence electrons. The largest absolute Gasteiger partial charge is 0.463 e. The Bertz CT molecular complexity index is 1380. The Labute approximate surface area is 197 Å². The lowest BCUT2D eigenvalue weighted by Gasteiger charge is -2.25. The van der Waals surface area contributed by atoms with E-state index < -0.39 is 12.0 Å². The lowest BCUT2D eigenvalue weighted by molar-refractivity contribution is -0.139. The van der Waals surface area contributed by atoms with E-state index in [1.807, 2.05) is 24.3 Å². The van der Waals surface area contributed by atoms with Gasteiger partial charge in [-0.25, -0.2) is 9.79 Å². The van der Waals surface area contributed by atoms with E-state index in [2.05, 4.69) is 34.8 Å². The van der Waals surface area contributed by atoms with E-state index in [9.17, 15) is 9.59 Å². The van der Waals surface area contributed by atoms with Gasteiger partial charge in [-0.2, -0.15) is 0 Å². The average Bonchev–Trinajstić information content (AvgIpc) is 3.30. The third kappa shape index (κ3) is 4.17. The molecular weight excluding hydrogens is 492 g/mol. The number of carbonyl (C=O) groups is 1. The maximum Gasteiger partial charge on any atom is 0.338 e. The van der Waals surface area contributed by atoms with Crippen LogP contribution in [-0.2, 0) is 9.53 Å². The number of carbonyl (C=O) groups excluding carboxylic acids is 1. The molecular formula is C24H23BrN2O4S. The smallest absolute Gasteiger partial charge is 0.338 e. The molecule has 0 amide bonds. The number of fused-ring (bicyclic) bond motifs is 1. The third-order valence-corrected chi connectivity index (χ3v) is 6.71. The number of esters is 1. The fraction of sp³-hybridized carbons (Fsp3) is 0.292. The van der Waals surface area contributed by atoms with Gasteiger partial charge in [0.25, 0.3) is 5.56 Å². The highest BCUT2D eigenvalue weighted by Crippen LogP contribution is 2.31. The monoisotopic (exact) mass is 514 g/mol. The number of benzene rings is 1. The van der Waals surface area contributed by atoms with Crippen LogP contribution in [0.4, 0.5) is 0 Å². The van der Waals surface area contributed by atoms with Gasteiger partial charge in [0.1, 0.15) is 5.76 Å². The first-order valence-electron chi connectivity index (χ1n) is 10.3. The molecule has 0 spiro atoms. The molecule has 6 nitrogen and oxygen atoms in total. The van der Waals surface area contributed by atoms with Gasteiger partial charge in [0.15, 0.2) is 9.47 Å². The van der Waals surface area contributed by atoms with Crippen molar-refractivity contribution in [3.8, 4) is 0 Å². The fourth-order valence-corrected chi connectivity index (χ4v) is 5.05. The van der Waals surface area contributed by atoms with E-state index >= 15 is 0 Å². The highest BCUT2D eigenvalue weighted by atomic mass is 79.9. The summed E-state index contributed by atoms with van der Waals surface area (Å²) < 4.78 is 13.5. The number of rotatable bonds is 5. The van der Waals surface area contributed by atoms with E-state index in [-0.39, 0.29) is 12.2 Å². The van der Waals surface area contributed by atoms with E-state index in [0.29, 0.717) is 37.0 Å². The van der Waals surface area contributed by atoms with Crippen molar-refractivity contribution in [2.75, 3.05) is 6.61 Å². The second-order valence-corrected chi connectivity index (χ2v) is 9.56. The Balaban J connectivity index is 1.93. The first-order chi connectivity index (χ1) is 15.3. The zero-order chi connectivity index (χ0) is 23.0. The number of aromatic nitrogens is 1. The summed E-state index contributed by atoms with van der Waals surface area (Å²) in [6.07, 6.45) is 1.69. The van der Waals surface area contributed by atoms with Crippen LogP contribution in [0.25, 0.3) is 6.08 Å². The molecule has 0 bridgehead atoms. The molecule has 3 aromatic rings. The van der Waals surface area contributed by atoms with Crippen molar-refractivity contribution < 1.29 is 13.9 Å². The zero-order valence-corrected chi connectivity index (χ0v) is 20.6. The van der Waals surface area contributed by atoms with Gasteiger partial charge in [0.05, 0.1) is 28.5 Å². The Morgan fingerprint density at radius 1 is 1.28 bits per heavy atom. The molecule has 32 heavy (non-hydrogen) atoms. The number of allylic oxidation sites excluding steroid dienone is 1. The zero-order valence-electron chi connectivity index (χ0n) is 18.2. The lowest BCUT2D eigenvalue weighted by atomic mass is 9.93. The van der Waals surface area contributed by atoms with Crippen molar-refractivity contribution in [3.63, 3.8) is 0 Å². The van der Waals surface area contributed by atoms with Crippen LogP contribution in [0, 0.1) is 0 Å². The molecule has 0 N–H and O–H groups in total. The SMILES string of the molecule is CCOC(=O)C1=C(C)N=c2s/c(=C\c3ccc(Br)o3)c(=O)n2C1c1ccc(C(C)C)cc1.